The summed E-state index contributed by atoms with van der Waals surface area (Å²) in [7, 11) is 0. The second kappa shape index (κ2) is 7.95. The van der Waals surface area contributed by atoms with E-state index in [1.165, 1.54) is 4.90 Å². The molecule has 5 heteroatoms. The summed E-state index contributed by atoms with van der Waals surface area (Å²) in [5, 5.41) is 11.0. The van der Waals surface area contributed by atoms with Crippen molar-refractivity contribution in [2.24, 2.45) is 0 Å². The number of ketones is 1. The maximum absolute atomic E-state index is 13.0. The number of pyridine rings is 1. The van der Waals surface area contributed by atoms with E-state index in [0.29, 0.717) is 17.2 Å². The van der Waals surface area contributed by atoms with Crippen molar-refractivity contribution < 1.29 is 14.7 Å². The Balaban J connectivity index is 1.92. The van der Waals surface area contributed by atoms with Crippen LogP contribution in [-0.4, -0.2) is 21.8 Å². The van der Waals surface area contributed by atoms with Crippen molar-refractivity contribution in [2.75, 3.05) is 4.90 Å². The van der Waals surface area contributed by atoms with Gasteiger partial charge in [0.25, 0.3) is 11.7 Å². The molecule has 0 bridgehead atoms. The normalized spacial score (nSPS) is 18.2. The quantitative estimate of drug-likeness (QED) is 0.388. The van der Waals surface area contributed by atoms with E-state index in [1.54, 1.807) is 48.8 Å². The molecular formula is C25H22N2O3. The van der Waals surface area contributed by atoms with E-state index < -0.39 is 17.7 Å². The number of hydrogen-bond acceptors (Lipinski definition) is 4. The molecule has 0 spiro atoms. The van der Waals surface area contributed by atoms with Gasteiger partial charge in [0, 0.05) is 11.8 Å². The van der Waals surface area contributed by atoms with Gasteiger partial charge in [0.05, 0.1) is 23.5 Å². The minimum Gasteiger partial charge on any atom is -0.507 e. The van der Waals surface area contributed by atoms with Crippen LogP contribution in [0.4, 0.5) is 5.69 Å². The van der Waals surface area contributed by atoms with Crippen molar-refractivity contribution >= 4 is 23.1 Å². The maximum Gasteiger partial charge on any atom is 0.300 e. The number of aromatic nitrogens is 1. The number of carbonyl (C=O) groups is 2. The summed E-state index contributed by atoms with van der Waals surface area (Å²) in [6.45, 7) is 4.21. The average molecular weight is 398 g/mol. The zero-order valence-corrected chi connectivity index (χ0v) is 16.8. The fourth-order valence-electron chi connectivity index (χ4n) is 3.73. The molecule has 0 aliphatic carbocycles. The van der Waals surface area contributed by atoms with Crippen molar-refractivity contribution in [1.29, 1.82) is 0 Å². The van der Waals surface area contributed by atoms with Gasteiger partial charge in [-0.1, -0.05) is 68.4 Å². The van der Waals surface area contributed by atoms with Gasteiger partial charge in [-0.2, -0.15) is 0 Å². The summed E-state index contributed by atoms with van der Waals surface area (Å²) in [6, 6.07) is 19.3. The van der Waals surface area contributed by atoms with Crippen LogP contribution < -0.4 is 4.90 Å². The first-order chi connectivity index (χ1) is 14.5. The molecule has 1 saturated heterocycles. The van der Waals surface area contributed by atoms with E-state index in [-0.39, 0.29) is 11.3 Å². The molecule has 0 radical (unpaired) electrons. The fourth-order valence-corrected chi connectivity index (χ4v) is 3.73. The maximum atomic E-state index is 13.0. The number of anilines is 1. The Labute approximate surface area is 175 Å². The van der Waals surface area contributed by atoms with Crippen LogP contribution in [0.25, 0.3) is 5.76 Å². The molecule has 1 N–H and O–H groups in total. The topological polar surface area (TPSA) is 70.5 Å². The van der Waals surface area contributed by atoms with Crippen LogP contribution in [-0.2, 0) is 9.59 Å². The number of hydrogen-bond donors (Lipinski definition) is 1. The molecule has 0 saturated carbocycles. The van der Waals surface area contributed by atoms with Gasteiger partial charge in [-0.05, 0) is 29.2 Å². The van der Waals surface area contributed by atoms with Gasteiger partial charge < -0.3 is 5.11 Å². The molecule has 150 valence electrons. The van der Waals surface area contributed by atoms with Crippen LogP contribution in [0.5, 0.6) is 0 Å². The third kappa shape index (κ3) is 3.39. The Hall–Kier alpha value is -3.73. The second-order valence-electron chi connectivity index (χ2n) is 7.57. The molecule has 1 atom stereocenters. The average Bonchev–Trinajstić information content (AvgIpc) is 3.05. The molecule has 3 aromatic rings. The zero-order valence-electron chi connectivity index (χ0n) is 16.8. The van der Waals surface area contributed by atoms with Crippen LogP contribution in [0, 0.1) is 0 Å². The predicted octanol–water partition coefficient (Wildman–Crippen LogP) is 4.83. The molecular weight excluding hydrogens is 376 g/mol. The second-order valence-corrected chi connectivity index (χ2v) is 7.57. The van der Waals surface area contributed by atoms with Gasteiger partial charge >= 0.3 is 0 Å². The summed E-state index contributed by atoms with van der Waals surface area (Å²) in [5.74, 6) is -1.22. The molecule has 1 aliphatic heterocycles. The third-order valence-corrected chi connectivity index (χ3v) is 5.33. The van der Waals surface area contributed by atoms with Crippen LogP contribution in [0.3, 0.4) is 0 Å². The third-order valence-electron chi connectivity index (χ3n) is 5.33. The number of rotatable bonds is 4. The summed E-state index contributed by atoms with van der Waals surface area (Å²) in [4.78, 5) is 31.6. The summed E-state index contributed by atoms with van der Waals surface area (Å²) in [5.41, 5.74) is 2.97. The minimum atomic E-state index is -0.740. The number of aliphatic hydroxyl groups excluding tert-OH is 1. The molecule has 0 unspecified atom stereocenters. The molecule has 2 aromatic carbocycles. The largest absolute Gasteiger partial charge is 0.507 e. The Morgan fingerprint density at radius 2 is 1.67 bits per heavy atom. The molecule has 1 amide bonds. The van der Waals surface area contributed by atoms with Crippen molar-refractivity contribution in [3.63, 3.8) is 0 Å². The van der Waals surface area contributed by atoms with Gasteiger partial charge in [-0.15, -0.1) is 0 Å². The molecule has 1 aliphatic rings. The fraction of sp³-hybridized carbons (Fsp3) is 0.160. The summed E-state index contributed by atoms with van der Waals surface area (Å²) in [6.07, 6.45) is 3.15. The lowest BCUT2D eigenvalue weighted by Gasteiger charge is -2.25. The van der Waals surface area contributed by atoms with Crippen molar-refractivity contribution in [3.05, 3.63) is 101 Å². The van der Waals surface area contributed by atoms with Gasteiger partial charge in [0.1, 0.15) is 5.76 Å². The van der Waals surface area contributed by atoms with Gasteiger partial charge in [-0.3, -0.25) is 19.5 Å². The van der Waals surface area contributed by atoms with Gasteiger partial charge in [0.15, 0.2) is 0 Å². The Morgan fingerprint density at radius 3 is 2.27 bits per heavy atom. The van der Waals surface area contributed by atoms with E-state index in [9.17, 15) is 14.7 Å². The molecule has 5 nitrogen and oxygen atoms in total. The first-order valence-corrected chi connectivity index (χ1v) is 9.85. The van der Waals surface area contributed by atoms with E-state index in [4.69, 9.17) is 0 Å². The Kier molecular flexibility index (Phi) is 5.19. The number of nitrogens with zero attached hydrogens (tertiary/aromatic N) is 2. The van der Waals surface area contributed by atoms with E-state index >= 15 is 0 Å². The SMILES string of the molecule is CC(C)c1ccc([C@@H]2C(=C(O)c3ccccc3)C(=O)C(=O)N2c2cccnc2)cc1. The number of amides is 1. The standard InChI is InChI=1S/C25H22N2O3/c1-16(2)17-10-12-18(13-11-17)22-21(23(28)19-7-4-3-5-8-19)24(29)25(30)27(22)20-9-6-14-26-15-20/h3-16,22,28H,1-2H3/t22-/m1/s1. The number of benzene rings is 2. The van der Waals surface area contributed by atoms with Gasteiger partial charge in [0.2, 0.25) is 0 Å². The lowest BCUT2D eigenvalue weighted by molar-refractivity contribution is -0.132. The van der Waals surface area contributed by atoms with E-state index in [2.05, 4.69) is 18.8 Å². The minimum absolute atomic E-state index is 0.0763. The highest BCUT2D eigenvalue weighted by Gasteiger charge is 2.47. The summed E-state index contributed by atoms with van der Waals surface area (Å²) < 4.78 is 0. The smallest absolute Gasteiger partial charge is 0.300 e. The first-order valence-electron chi connectivity index (χ1n) is 9.85. The molecule has 1 aromatic heterocycles. The molecule has 30 heavy (non-hydrogen) atoms. The van der Waals surface area contributed by atoms with Crippen LogP contribution in [0.2, 0.25) is 0 Å². The van der Waals surface area contributed by atoms with Crippen molar-refractivity contribution in [1.82, 2.24) is 4.98 Å². The molecule has 1 fully saturated rings. The number of carbonyl (C=O) groups excluding carboxylic acids is 2. The Bertz CT molecular complexity index is 1100. The highest BCUT2D eigenvalue weighted by atomic mass is 16.3. The van der Waals surface area contributed by atoms with Crippen LogP contribution in [0.1, 0.15) is 42.5 Å². The summed E-state index contributed by atoms with van der Waals surface area (Å²) >= 11 is 0. The number of Topliss-reactive ketones (excluding diaryl/α,β-unsaturated/α-hetero) is 1. The zero-order chi connectivity index (χ0) is 21.3. The predicted molar refractivity (Wildman–Crippen MR) is 116 cm³/mol. The van der Waals surface area contributed by atoms with Gasteiger partial charge in [-0.25, -0.2) is 0 Å². The Morgan fingerprint density at radius 1 is 0.967 bits per heavy atom. The lowest BCUT2D eigenvalue weighted by Crippen LogP contribution is -2.29. The lowest BCUT2D eigenvalue weighted by atomic mass is 9.93. The van der Waals surface area contributed by atoms with E-state index in [0.717, 1.165) is 11.1 Å². The molecule has 2 heterocycles. The highest BCUT2D eigenvalue weighted by molar-refractivity contribution is 6.51. The highest BCUT2D eigenvalue weighted by Crippen LogP contribution is 2.42. The van der Waals surface area contributed by atoms with E-state index in [1.807, 2.05) is 30.3 Å². The van der Waals surface area contributed by atoms with Crippen molar-refractivity contribution in [3.8, 4) is 0 Å². The number of aliphatic hydroxyl groups is 1. The first kappa shape index (κ1) is 19.6. The molecule has 4 rings (SSSR count). The monoisotopic (exact) mass is 398 g/mol. The van der Waals surface area contributed by atoms with Crippen LogP contribution in [0.15, 0.2) is 84.7 Å². The van der Waals surface area contributed by atoms with Crippen molar-refractivity contribution in [2.45, 2.75) is 25.8 Å². The van der Waals surface area contributed by atoms with Crippen LogP contribution >= 0.6 is 0 Å².